The normalized spacial score (nSPS) is 12.5. The molecule has 3 aromatic rings. The van der Waals surface area contributed by atoms with E-state index in [-0.39, 0.29) is 6.04 Å². The summed E-state index contributed by atoms with van der Waals surface area (Å²) in [4.78, 5) is 11.0. The summed E-state index contributed by atoms with van der Waals surface area (Å²) < 4.78 is 2.17. The largest absolute Gasteiger partial charge is 0.384 e. The van der Waals surface area contributed by atoms with Crippen LogP contribution in [0.1, 0.15) is 22.7 Å². The number of aromatic nitrogens is 3. The fourth-order valence-electron chi connectivity index (χ4n) is 2.26. The third-order valence-electron chi connectivity index (χ3n) is 3.33. The van der Waals surface area contributed by atoms with Crippen LogP contribution in [0.3, 0.4) is 0 Å². The first kappa shape index (κ1) is 12.9. The average molecular weight is 284 g/mol. The molecule has 1 atom stereocenters. The molecule has 0 spiro atoms. The minimum atomic E-state index is 0.251. The number of nitrogen functional groups attached to an aromatic ring is 1. The predicted octanol–water partition coefficient (Wildman–Crippen LogP) is 3.51. The highest BCUT2D eigenvalue weighted by atomic mass is 32.1. The molecule has 3 heterocycles. The Hall–Kier alpha value is -2.14. The van der Waals surface area contributed by atoms with Crippen molar-refractivity contribution in [3.63, 3.8) is 0 Å². The van der Waals surface area contributed by atoms with E-state index in [0.717, 1.165) is 11.3 Å². The highest BCUT2D eigenvalue weighted by Gasteiger charge is 2.14. The zero-order valence-electron chi connectivity index (χ0n) is 11.4. The molecule has 20 heavy (non-hydrogen) atoms. The Bertz CT molecular complexity index is 729. The van der Waals surface area contributed by atoms with E-state index in [1.165, 1.54) is 9.75 Å². The van der Waals surface area contributed by atoms with E-state index >= 15 is 0 Å². The molecule has 102 valence electrons. The second-order valence-electron chi connectivity index (χ2n) is 4.78. The van der Waals surface area contributed by atoms with Crippen LogP contribution in [0.15, 0.2) is 43.0 Å². The lowest BCUT2D eigenvalue weighted by molar-refractivity contribution is 0.656. The molecule has 5 heteroatoms. The van der Waals surface area contributed by atoms with E-state index in [9.17, 15) is 0 Å². The van der Waals surface area contributed by atoms with Crippen LogP contribution >= 0.6 is 11.3 Å². The maximum absolute atomic E-state index is 5.77. The first-order valence-electron chi connectivity index (χ1n) is 6.45. The molecule has 0 bridgehead atoms. The molecule has 0 aliphatic heterocycles. The van der Waals surface area contributed by atoms with Crippen molar-refractivity contribution < 1.29 is 0 Å². The van der Waals surface area contributed by atoms with Crippen LogP contribution in [0.2, 0.25) is 0 Å². The van der Waals surface area contributed by atoms with Gasteiger partial charge in [0.25, 0.3) is 0 Å². The lowest BCUT2D eigenvalue weighted by atomic mass is 10.2. The second-order valence-corrected chi connectivity index (χ2v) is 6.10. The van der Waals surface area contributed by atoms with Crippen molar-refractivity contribution in [3.8, 4) is 11.3 Å². The molecule has 0 aliphatic rings. The zero-order chi connectivity index (χ0) is 14.1. The second kappa shape index (κ2) is 5.09. The maximum Gasteiger partial charge on any atom is 0.123 e. The van der Waals surface area contributed by atoms with Gasteiger partial charge in [0, 0.05) is 21.5 Å². The summed E-state index contributed by atoms with van der Waals surface area (Å²) in [5.74, 6) is 0.523. The molecule has 4 nitrogen and oxygen atoms in total. The number of hydrogen-bond acceptors (Lipinski definition) is 4. The summed E-state index contributed by atoms with van der Waals surface area (Å²) in [6.45, 7) is 4.31. The third-order valence-corrected chi connectivity index (χ3v) is 4.50. The fraction of sp³-hybridized carbons (Fsp3) is 0.200. The molecule has 0 aromatic carbocycles. The van der Waals surface area contributed by atoms with Crippen LogP contribution in [0.25, 0.3) is 11.3 Å². The number of nitrogens with two attached hydrogens (primary N) is 1. The molecule has 1 unspecified atom stereocenters. The van der Waals surface area contributed by atoms with E-state index < -0.39 is 0 Å². The number of pyridine rings is 1. The molecule has 3 rings (SSSR count). The van der Waals surface area contributed by atoms with E-state index in [0.29, 0.717) is 5.82 Å². The van der Waals surface area contributed by atoms with Crippen LogP contribution in [-0.4, -0.2) is 14.5 Å². The molecule has 2 N–H and O–H groups in total. The number of thiophene rings is 1. The summed E-state index contributed by atoms with van der Waals surface area (Å²) >= 11 is 1.82. The summed E-state index contributed by atoms with van der Waals surface area (Å²) in [6, 6.07) is 8.41. The molecule has 0 aliphatic carbocycles. The van der Waals surface area contributed by atoms with E-state index in [2.05, 4.69) is 40.5 Å². The molecule has 0 amide bonds. The molecule has 3 aromatic heterocycles. The highest BCUT2D eigenvalue weighted by molar-refractivity contribution is 7.12. The van der Waals surface area contributed by atoms with Crippen molar-refractivity contribution in [3.05, 3.63) is 52.7 Å². The lowest BCUT2D eigenvalue weighted by Gasteiger charge is -2.15. The van der Waals surface area contributed by atoms with Gasteiger partial charge in [-0.05, 0) is 38.1 Å². The van der Waals surface area contributed by atoms with Gasteiger partial charge in [0.05, 0.1) is 24.3 Å². The Morgan fingerprint density at radius 1 is 1.30 bits per heavy atom. The van der Waals surface area contributed by atoms with Gasteiger partial charge in [0.1, 0.15) is 5.82 Å². The van der Waals surface area contributed by atoms with Crippen LogP contribution in [0, 0.1) is 6.92 Å². The van der Waals surface area contributed by atoms with Crippen molar-refractivity contribution in [2.24, 2.45) is 0 Å². The molecule has 0 saturated carbocycles. The fourth-order valence-corrected chi connectivity index (χ4v) is 3.19. The minimum absolute atomic E-state index is 0.251. The van der Waals surface area contributed by atoms with Gasteiger partial charge in [-0.3, -0.25) is 0 Å². The number of anilines is 1. The summed E-state index contributed by atoms with van der Waals surface area (Å²) in [5, 5.41) is 0. The Balaban J connectivity index is 2.02. The van der Waals surface area contributed by atoms with Crippen molar-refractivity contribution >= 4 is 17.2 Å². The Morgan fingerprint density at radius 3 is 2.85 bits per heavy atom. The first-order valence-corrected chi connectivity index (χ1v) is 7.27. The lowest BCUT2D eigenvalue weighted by Crippen LogP contribution is -2.05. The monoisotopic (exact) mass is 284 g/mol. The number of nitrogens with zero attached hydrogens (tertiary/aromatic N) is 3. The highest BCUT2D eigenvalue weighted by Crippen LogP contribution is 2.30. The first-order chi connectivity index (χ1) is 9.65. The van der Waals surface area contributed by atoms with E-state index in [4.69, 9.17) is 5.73 Å². The van der Waals surface area contributed by atoms with Crippen LogP contribution in [0.5, 0.6) is 0 Å². The molecule has 0 fully saturated rings. The van der Waals surface area contributed by atoms with Gasteiger partial charge in [0.15, 0.2) is 0 Å². The van der Waals surface area contributed by atoms with Gasteiger partial charge in [-0.1, -0.05) is 0 Å². The van der Waals surface area contributed by atoms with Gasteiger partial charge >= 0.3 is 0 Å². The predicted molar refractivity (Wildman–Crippen MR) is 82.7 cm³/mol. The molecular weight excluding hydrogens is 268 g/mol. The zero-order valence-corrected chi connectivity index (χ0v) is 12.3. The maximum atomic E-state index is 5.77. The van der Waals surface area contributed by atoms with E-state index in [1.807, 2.05) is 36.0 Å². The minimum Gasteiger partial charge on any atom is -0.384 e. The molecule has 0 radical (unpaired) electrons. The Kier molecular flexibility index (Phi) is 3.28. The van der Waals surface area contributed by atoms with Crippen LogP contribution < -0.4 is 5.73 Å². The smallest absolute Gasteiger partial charge is 0.123 e. The molecule has 0 saturated heterocycles. The standard InChI is InChI=1S/C15H16N4S/c1-10-3-4-14(20-10)11(2)19-9-17-8-13(19)12-5-6-18-15(16)7-12/h3-9,11H,1-2H3,(H2,16,18). The van der Waals surface area contributed by atoms with Crippen LogP contribution in [-0.2, 0) is 0 Å². The SMILES string of the molecule is Cc1ccc(C(C)n2cncc2-c2ccnc(N)c2)s1. The van der Waals surface area contributed by atoms with Gasteiger partial charge in [-0.15, -0.1) is 11.3 Å². The molecular formula is C15H16N4S. The third kappa shape index (κ3) is 2.32. The van der Waals surface area contributed by atoms with Crippen molar-refractivity contribution in [2.45, 2.75) is 19.9 Å². The number of imidazole rings is 1. The van der Waals surface area contributed by atoms with Gasteiger partial charge < -0.3 is 10.3 Å². The summed E-state index contributed by atoms with van der Waals surface area (Å²) in [6.07, 6.45) is 5.46. The van der Waals surface area contributed by atoms with E-state index in [1.54, 1.807) is 6.20 Å². The number of hydrogen-bond donors (Lipinski definition) is 1. The number of aryl methyl sites for hydroxylation is 1. The van der Waals surface area contributed by atoms with Gasteiger partial charge in [-0.25, -0.2) is 9.97 Å². The van der Waals surface area contributed by atoms with Crippen LogP contribution in [0.4, 0.5) is 5.82 Å². The van der Waals surface area contributed by atoms with Crippen molar-refractivity contribution in [1.82, 2.24) is 14.5 Å². The Labute approximate surface area is 121 Å². The Morgan fingerprint density at radius 2 is 2.15 bits per heavy atom. The quantitative estimate of drug-likeness (QED) is 0.800. The van der Waals surface area contributed by atoms with Gasteiger partial charge in [-0.2, -0.15) is 0 Å². The van der Waals surface area contributed by atoms with Crippen molar-refractivity contribution in [1.29, 1.82) is 0 Å². The number of rotatable bonds is 3. The summed E-state index contributed by atoms with van der Waals surface area (Å²) in [5.41, 5.74) is 7.86. The van der Waals surface area contributed by atoms with Gasteiger partial charge in [0.2, 0.25) is 0 Å². The van der Waals surface area contributed by atoms with Crippen molar-refractivity contribution in [2.75, 3.05) is 5.73 Å². The topological polar surface area (TPSA) is 56.7 Å². The summed E-state index contributed by atoms with van der Waals surface area (Å²) in [7, 11) is 0. The average Bonchev–Trinajstić information content (AvgIpc) is 3.06.